The van der Waals surface area contributed by atoms with Crippen LogP contribution in [0.3, 0.4) is 0 Å². The van der Waals surface area contributed by atoms with Gasteiger partial charge in [0.1, 0.15) is 17.2 Å². The summed E-state index contributed by atoms with van der Waals surface area (Å²) in [7, 11) is 0. The van der Waals surface area contributed by atoms with Gasteiger partial charge in [-0.05, 0) is 36.4 Å². The number of nitrogens with zero attached hydrogens (tertiary/aromatic N) is 2. The van der Waals surface area contributed by atoms with E-state index < -0.39 is 0 Å². The summed E-state index contributed by atoms with van der Waals surface area (Å²) >= 11 is 0. The third-order valence-corrected chi connectivity index (χ3v) is 4.30. The van der Waals surface area contributed by atoms with Crippen LogP contribution in [0.2, 0.25) is 0 Å². The molecule has 1 radical (unpaired) electrons. The molecule has 4 rings (SSSR count). The number of pyridine rings is 2. The largest absolute Gasteiger partial charge is 2.00 e. The van der Waals surface area contributed by atoms with Crippen LogP contribution in [0, 0.1) is 0 Å². The molecule has 2 heterocycles. The first-order chi connectivity index (χ1) is 14.8. The minimum atomic E-state index is 0. The molecule has 0 unspecified atom stereocenters. The van der Waals surface area contributed by atoms with Crippen molar-refractivity contribution < 1.29 is 36.1 Å². The van der Waals surface area contributed by atoms with Crippen molar-refractivity contribution in [2.45, 2.75) is 0 Å². The van der Waals surface area contributed by atoms with Crippen LogP contribution in [-0.4, -0.2) is 22.5 Å². The molecule has 0 atom stereocenters. The Labute approximate surface area is 189 Å². The molecule has 0 aliphatic rings. The third kappa shape index (κ3) is 4.86. The van der Waals surface area contributed by atoms with Gasteiger partial charge in [-0.2, -0.15) is 0 Å². The molecule has 0 N–H and O–H groups in total. The van der Waals surface area contributed by atoms with E-state index in [1.807, 2.05) is 6.07 Å². The average molecular weight is 460 g/mol. The summed E-state index contributed by atoms with van der Waals surface area (Å²) in [4.78, 5) is 31.6. The van der Waals surface area contributed by atoms with E-state index in [0.717, 1.165) is 6.29 Å². The monoisotopic (exact) mass is 459 g/mol. The fourth-order valence-electron chi connectivity index (χ4n) is 2.86. The van der Waals surface area contributed by atoms with Gasteiger partial charge in [0.2, 0.25) is 0 Å². The van der Waals surface area contributed by atoms with E-state index in [1.54, 1.807) is 79.1 Å². The topological polar surface area (TPSA) is 78.4 Å². The zero-order valence-electron chi connectivity index (χ0n) is 16.1. The van der Waals surface area contributed by atoms with Crippen molar-refractivity contribution in [2.24, 2.45) is 0 Å². The second-order valence-corrected chi connectivity index (χ2v) is 6.22. The molecule has 4 aromatic rings. The van der Waals surface area contributed by atoms with Gasteiger partial charge >= 0.3 is 17.1 Å². The number of benzene rings is 2. The molecule has 6 nitrogen and oxygen atoms in total. The van der Waals surface area contributed by atoms with Crippen LogP contribution in [0.4, 0.5) is 0 Å². The fraction of sp³-hybridized carbons (Fsp3) is 0. The SMILES string of the molecule is O=Cc1ccccc1Oc1ccnc(-c2ccccn2)c1Oc1ccccc1C=O.[Cu+2]. The Bertz CT molecular complexity index is 1200. The number of carbonyl (C=O) groups excluding carboxylic acids is 2. The summed E-state index contributed by atoms with van der Waals surface area (Å²) < 4.78 is 12.1. The minimum absolute atomic E-state index is 0. The Kier molecular flexibility index (Phi) is 7.27. The minimum Gasteiger partial charge on any atom is -0.453 e. The predicted molar refractivity (Wildman–Crippen MR) is 111 cm³/mol. The molecule has 0 amide bonds. The van der Waals surface area contributed by atoms with E-state index in [-0.39, 0.29) is 22.8 Å². The standard InChI is InChI=1S/C24H16N2O4.Cu/c27-15-17-7-1-3-10-20(17)29-22-12-14-26-23(19-9-5-6-13-25-19)24(22)30-21-11-4-2-8-18(21)16-28;/h1-16H;/q;+2. The summed E-state index contributed by atoms with van der Waals surface area (Å²) in [5, 5.41) is 0. The molecule has 155 valence electrons. The Morgan fingerprint density at radius 1 is 0.613 bits per heavy atom. The Hall–Kier alpha value is -3.80. The van der Waals surface area contributed by atoms with Crippen LogP contribution >= 0.6 is 0 Å². The van der Waals surface area contributed by atoms with Gasteiger partial charge in [-0.1, -0.05) is 30.3 Å². The van der Waals surface area contributed by atoms with Crippen LogP contribution in [0.5, 0.6) is 23.0 Å². The summed E-state index contributed by atoms with van der Waals surface area (Å²) in [6.07, 6.45) is 4.66. The van der Waals surface area contributed by atoms with Crippen LogP contribution in [0.25, 0.3) is 11.4 Å². The summed E-state index contributed by atoms with van der Waals surface area (Å²) in [6, 6.07) is 20.8. The van der Waals surface area contributed by atoms with E-state index in [2.05, 4.69) is 9.97 Å². The van der Waals surface area contributed by atoms with Gasteiger partial charge in [0.25, 0.3) is 0 Å². The van der Waals surface area contributed by atoms with Crippen molar-refractivity contribution in [3.63, 3.8) is 0 Å². The van der Waals surface area contributed by atoms with Gasteiger partial charge in [-0.25, -0.2) is 0 Å². The normalized spacial score (nSPS) is 9.94. The maximum atomic E-state index is 11.5. The average Bonchev–Trinajstić information content (AvgIpc) is 2.81. The number of para-hydroxylation sites is 2. The summed E-state index contributed by atoms with van der Waals surface area (Å²) in [5.41, 5.74) is 1.79. The molecule has 2 aromatic carbocycles. The number of aromatic nitrogens is 2. The molecule has 0 saturated carbocycles. The van der Waals surface area contributed by atoms with Gasteiger partial charge < -0.3 is 9.47 Å². The zero-order valence-corrected chi connectivity index (χ0v) is 17.0. The van der Waals surface area contributed by atoms with Crippen molar-refractivity contribution in [3.05, 3.63) is 96.3 Å². The molecule has 0 fully saturated rings. The summed E-state index contributed by atoms with van der Waals surface area (Å²) in [6.45, 7) is 0. The molecule has 0 saturated heterocycles. The second kappa shape index (κ2) is 10.3. The number of aldehydes is 2. The van der Waals surface area contributed by atoms with Gasteiger partial charge in [-0.3, -0.25) is 19.6 Å². The van der Waals surface area contributed by atoms with Crippen molar-refractivity contribution >= 4 is 12.6 Å². The molecular weight excluding hydrogens is 444 g/mol. The van der Waals surface area contributed by atoms with E-state index >= 15 is 0 Å². The van der Waals surface area contributed by atoms with Crippen molar-refractivity contribution in [2.75, 3.05) is 0 Å². The van der Waals surface area contributed by atoms with Crippen molar-refractivity contribution in [3.8, 4) is 34.4 Å². The molecule has 0 aliphatic heterocycles. The van der Waals surface area contributed by atoms with E-state index in [9.17, 15) is 9.59 Å². The third-order valence-electron chi connectivity index (χ3n) is 4.30. The molecular formula is C24H16CuN2O4+2. The van der Waals surface area contributed by atoms with Crippen molar-refractivity contribution in [1.82, 2.24) is 9.97 Å². The summed E-state index contributed by atoms with van der Waals surface area (Å²) in [5.74, 6) is 1.34. The van der Waals surface area contributed by atoms with E-state index in [0.29, 0.717) is 46.0 Å². The van der Waals surface area contributed by atoms with Crippen molar-refractivity contribution in [1.29, 1.82) is 0 Å². The quantitative estimate of drug-likeness (QED) is 0.274. The first-order valence-corrected chi connectivity index (χ1v) is 9.14. The number of carbonyl (C=O) groups is 2. The van der Waals surface area contributed by atoms with Crippen LogP contribution in [0.15, 0.2) is 85.2 Å². The number of hydrogen-bond donors (Lipinski definition) is 0. The van der Waals surface area contributed by atoms with Gasteiger partial charge in [0, 0.05) is 18.5 Å². The first kappa shape index (κ1) is 21.9. The smallest absolute Gasteiger partial charge is 0.453 e. The molecule has 7 heteroatoms. The molecule has 0 spiro atoms. The maximum absolute atomic E-state index is 11.5. The van der Waals surface area contributed by atoms with Gasteiger partial charge in [0.15, 0.2) is 24.1 Å². The fourth-order valence-corrected chi connectivity index (χ4v) is 2.86. The molecule has 0 aliphatic carbocycles. The number of hydrogen-bond acceptors (Lipinski definition) is 6. The maximum Gasteiger partial charge on any atom is 2.00 e. The number of ether oxygens (including phenoxy) is 2. The zero-order chi connectivity index (χ0) is 20.8. The van der Waals surface area contributed by atoms with Crippen LogP contribution in [0.1, 0.15) is 20.7 Å². The van der Waals surface area contributed by atoms with Crippen LogP contribution < -0.4 is 9.47 Å². The van der Waals surface area contributed by atoms with Gasteiger partial charge in [-0.15, -0.1) is 0 Å². The Morgan fingerprint density at radius 2 is 1.23 bits per heavy atom. The number of rotatable bonds is 7. The van der Waals surface area contributed by atoms with Crippen LogP contribution in [-0.2, 0) is 17.1 Å². The van der Waals surface area contributed by atoms with Gasteiger partial charge in [0.05, 0.1) is 16.8 Å². The molecule has 31 heavy (non-hydrogen) atoms. The van der Waals surface area contributed by atoms with E-state index in [1.165, 1.54) is 0 Å². The van der Waals surface area contributed by atoms with E-state index in [4.69, 9.17) is 9.47 Å². The Balaban J connectivity index is 0.00000272. The second-order valence-electron chi connectivity index (χ2n) is 6.22. The molecule has 2 aromatic heterocycles. The Morgan fingerprint density at radius 3 is 1.84 bits per heavy atom. The predicted octanol–water partition coefficient (Wildman–Crippen LogP) is 5.35. The first-order valence-electron chi connectivity index (χ1n) is 9.14. The molecule has 0 bridgehead atoms.